The van der Waals surface area contributed by atoms with Gasteiger partial charge in [-0.3, -0.25) is 15.1 Å². The summed E-state index contributed by atoms with van der Waals surface area (Å²) in [5.41, 5.74) is 3.55. The summed E-state index contributed by atoms with van der Waals surface area (Å²) in [5.74, 6) is -0.835. The molecule has 0 atom stereocenters. The first kappa shape index (κ1) is 18.7. The predicted octanol–water partition coefficient (Wildman–Crippen LogP) is 4.08. The van der Waals surface area contributed by atoms with Gasteiger partial charge in [-0.05, 0) is 31.2 Å². The Hall–Kier alpha value is -3.13. The molecule has 140 valence electrons. The molecule has 0 fully saturated rings. The normalized spacial score (nSPS) is 13.5. The highest BCUT2D eigenvalue weighted by atomic mass is 35.5. The minimum absolute atomic E-state index is 0.131. The molecule has 2 aromatic carbocycles. The highest BCUT2D eigenvalue weighted by molar-refractivity contribution is 6.34. The number of carbonyl (C=O) groups excluding carboxylic acids is 1. The van der Waals surface area contributed by atoms with Crippen molar-refractivity contribution >= 4 is 46.5 Å². The molecule has 0 spiro atoms. The molecule has 0 aromatic heterocycles. The van der Waals surface area contributed by atoms with Gasteiger partial charge in [-0.2, -0.15) is 0 Å². The van der Waals surface area contributed by atoms with Crippen molar-refractivity contribution in [1.29, 1.82) is 0 Å². The summed E-state index contributed by atoms with van der Waals surface area (Å²) in [7, 11) is 0. The number of fused-ring (bicyclic) bond motifs is 1. The lowest BCUT2D eigenvalue weighted by molar-refractivity contribution is -0.116. The number of carboxylic acid groups (broad SMARTS) is 1. The van der Waals surface area contributed by atoms with Crippen molar-refractivity contribution in [3.8, 4) is 0 Å². The molecule has 0 aliphatic carbocycles. The molecule has 2 N–H and O–H groups in total. The number of nitrogens with zero attached hydrogens (tertiary/aromatic N) is 3. The van der Waals surface area contributed by atoms with Gasteiger partial charge in [0.25, 0.3) is 0 Å². The van der Waals surface area contributed by atoms with E-state index in [0.717, 1.165) is 5.01 Å². The van der Waals surface area contributed by atoms with Crippen LogP contribution in [0.4, 0.5) is 26.2 Å². The summed E-state index contributed by atoms with van der Waals surface area (Å²) in [6, 6.07) is 10.5. The third-order valence-corrected chi connectivity index (χ3v) is 4.23. The molecule has 9 heteroatoms. The number of anilines is 2. The number of hydrogen-bond acceptors (Lipinski definition) is 4. The van der Waals surface area contributed by atoms with Crippen molar-refractivity contribution in [3.63, 3.8) is 0 Å². The van der Waals surface area contributed by atoms with E-state index in [1.54, 1.807) is 31.2 Å². The topological polar surface area (TPSA) is 85.2 Å². The van der Waals surface area contributed by atoms with Crippen LogP contribution in [0.2, 0.25) is 5.02 Å². The van der Waals surface area contributed by atoms with E-state index in [2.05, 4.69) is 10.4 Å². The maximum Gasteiger partial charge on any atom is 0.426 e. The number of aliphatic imine (C=N–C) groups is 1. The zero-order valence-corrected chi connectivity index (χ0v) is 15.1. The van der Waals surface area contributed by atoms with Gasteiger partial charge in [0.05, 0.1) is 28.5 Å². The number of benzene rings is 2. The van der Waals surface area contributed by atoms with Crippen LogP contribution >= 0.6 is 11.6 Å². The van der Waals surface area contributed by atoms with Gasteiger partial charge in [-0.15, -0.1) is 0 Å². The Labute approximate surface area is 159 Å². The Morgan fingerprint density at radius 3 is 2.74 bits per heavy atom. The number of amides is 2. The van der Waals surface area contributed by atoms with Gasteiger partial charge in [0.1, 0.15) is 11.7 Å². The average Bonchev–Trinajstić information content (AvgIpc) is 2.75. The number of hydrazine groups is 1. The molecular formula is C18H16ClFN4O3. The Balaban J connectivity index is 2.09. The number of amidine groups is 1. The van der Waals surface area contributed by atoms with E-state index in [9.17, 15) is 19.1 Å². The first-order chi connectivity index (χ1) is 12.9. The lowest BCUT2D eigenvalue weighted by Gasteiger charge is -2.24. The monoisotopic (exact) mass is 390 g/mol. The predicted molar refractivity (Wildman–Crippen MR) is 100 cm³/mol. The Morgan fingerprint density at radius 1 is 1.33 bits per heavy atom. The van der Waals surface area contributed by atoms with E-state index >= 15 is 0 Å². The van der Waals surface area contributed by atoms with Crippen molar-refractivity contribution in [1.82, 2.24) is 10.4 Å². The van der Waals surface area contributed by atoms with Crippen LogP contribution in [0.25, 0.3) is 0 Å². The van der Waals surface area contributed by atoms with Crippen LogP contribution in [0, 0.1) is 5.82 Å². The zero-order chi connectivity index (χ0) is 19.6. The molecule has 27 heavy (non-hydrogen) atoms. The smallest absolute Gasteiger partial charge is 0.426 e. The van der Waals surface area contributed by atoms with Crippen LogP contribution < -0.4 is 10.3 Å². The quantitative estimate of drug-likeness (QED) is 0.756. The molecule has 2 aromatic rings. The van der Waals surface area contributed by atoms with Crippen LogP contribution in [0.3, 0.4) is 0 Å². The third kappa shape index (κ3) is 3.85. The Morgan fingerprint density at radius 2 is 2.07 bits per heavy atom. The van der Waals surface area contributed by atoms with Gasteiger partial charge >= 0.3 is 6.09 Å². The standard InChI is InChI=1S/C18H16ClFN4O3/c1-2-23(18(26)27)22-16-10-17(25)24(14-6-4-3-5-12(14)19)15-9-11(20)7-8-13(15)21-16/h3-9H,2,10H2,1H3,(H,21,22)(H,26,27). The molecule has 3 rings (SSSR count). The first-order valence-electron chi connectivity index (χ1n) is 8.12. The molecule has 7 nitrogen and oxygen atoms in total. The van der Waals surface area contributed by atoms with Crippen LogP contribution in [0.15, 0.2) is 47.5 Å². The fourth-order valence-corrected chi connectivity index (χ4v) is 2.91. The second-order valence-electron chi connectivity index (χ2n) is 5.69. The molecule has 1 aliphatic heterocycles. The minimum Gasteiger partial charge on any atom is -0.464 e. The summed E-state index contributed by atoms with van der Waals surface area (Å²) in [5, 5.41) is 10.4. The number of rotatable bonds is 2. The molecular weight excluding hydrogens is 375 g/mol. The van der Waals surface area contributed by atoms with Gasteiger partial charge < -0.3 is 5.11 Å². The van der Waals surface area contributed by atoms with E-state index < -0.39 is 17.8 Å². The van der Waals surface area contributed by atoms with Gasteiger partial charge in [-0.1, -0.05) is 23.7 Å². The summed E-state index contributed by atoms with van der Waals surface area (Å²) in [6.45, 7) is 1.78. The fourth-order valence-electron chi connectivity index (χ4n) is 2.69. The summed E-state index contributed by atoms with van der Waals surface area (Å²) in [4.78, 5) is 29.8. The number of para-hydroxylation sites is 1. The lowest BCUT2D eigenvalue weighted by atomic mass is 10.2. The van der Waals surface area contributed by atoms with Crippen molar-refractivity contribution < 1.29 is 19.1 Å². The largest absolute Gasteiger partial charge is 0.464 e. The zero-order valence-electron chi connectivity index (χ0n) is 14.3. The summed E-state index contributed by atoms with van der Waals surface area (Å²) in [6.07, 6.45) is -1.43. The summed E-state index contributed by atoms with van der Waals surface area (Å²) < 4.78 is 13.9. The molecule has 1 aliphatic rings. The van der Waals surface area contributed by atoms with Crippen molar-refractivity contribution in [2.24, 2.45) is 4.99 Å². The van der Waals surface area contributed by atoms with Crippen molar-refractivity contribution in [3.05, 3.63) is 53.3 Å². The third-order valence-electron chi connectivity index (χ3n) is 3.91. The molecule has 0 unspecified atom stereocenters. The van der Waals surface area contributed by atoms with Gasteiger partial charge in [0.2, 0.25) is 5.91 Å². The van der Waals surface area contributed by atoms with Crippen LogP contribution in [0.5, 0.6) is 0 Å². The number of nitrogens with one attached hydrogen (secondary N) is 1. The molecule has 0 bridgehead atoms. The highest BCUT2D eigenvalue weighted by Crippen LogP contribution is 2.40. The number of halogens is 2. The Bertz CT molecular complexity index is 935. The highest BCUT2D eigenvalue weighted by Gasteiger charge is 2.28. The second-order valence-corrected chi connectivity index (χ2v) is 6.09. The average molecular weight is 391 g/mol. The second kappa shape index (κ2) is 7.63. The maximum absolute atomic E-state index is 13.9. The summed E-state index contributed by atoms with van der Waals surface area (Å²) >= 11 is 6.24. The van der Waals surface area contributed by atoms with E-state index in [0.29, 0.717) is 16.4 Å². The van der Waals surface area contributed by atoms with Crippen molar-refractivity contribution in [2.45, 2.75) is 13.3 Å². The molecule has 2 amide bonds. The molecule has 0 saturated carbocycles. The lowest BCUT2D eigenvalue weighted by Crippen LogP contribution is -2.46. The Kier molecular flexibility index (Phi) is 5.27. The van der Waals surface area contributed by atoms with E-state index in [-0.39, 0.29) is 24.5 Å². The van der Waals surface area contributed by atoms with Crippen molar-refractivity contribution in [2.75, 3.05) is 11.4 Å². The first-order valence-corrected chi connectivity index (χ1v) is 8.50. The van der Waals surface area contributed by atoms with Gasteiger partial charge in [0, 0.05) is 12.6 Å². The maximum atomic E-state index is 13.9. The van der Waals surface area contributed by atoms with Gasteiger partial charge in [-0.25, -0.2) is 19.2 Å². The van der Waals surface area contributed by atoms with E-state index in [1.165, 1.54) is 23.1 Å². The molecule has 0 saturated heterocycles. The molecule has 0 radical (unpaired) electrons. The minimum atomic E-state index is -1.21. The fraction of sp³-hybridized carbons (Fsp3) is 0.167. The van der Waals surface area contributed by atoms with Crippen LogP contribution in [-0.2, 0) is 4.79 Å². The number of hydrogen-bond donors (Lipinski definition) is 2. The van der Waals surface area contributed by atoms with E-state index in [1.807, 2.05) is 0 Å². The molecule has 1 heterocycles. The number of carbonyl (C=O) groups is 2. The SMILES string of the molecule is CCN(NC1=Nc2ccc(F)cc2N(c2ccccc2Cl)C(=O)C1)C(=O)O. The van der Waals surface area contributed by atoms with Crippen LogP contribution in [-0.4, -0.2) is 34.5 Å². The van der Waals surface area contributed by atoms with E-state index in [4.69, 9.17) is 11.6 Å². The van der Waals surface area contributed by atoms with Crippen LogP contribution in [0.1, 0.15) is 13.3 Å². The van der Waals surface area contributed by atoms with Gasteiger partial charge in [0.15, 0.2) is 0 Å².